The van der Waals surface area contributed by atoms with Crippen LogP contribution in [-0.2, 0) is 6.54 Å². The van der Waals surface area contributed by atoms with Crippen LogP contribution in [0.4, 0.5) is 0 Å². The lowest BCUT2D eigenvalue weighted by Crippen LogP contribution is -2.23. The van der Waals surface area contributed by atoms with Gasteiger partial charge in [-0.3, -0.25) is 4.79 Å². The maximum Gasteiger partial charge on any atom is 0.257 e. The largest absolute Gasteiger partial charge is 0.360 e. The number of aryl methyl sites for hydroxylation is 2. The average molecular weight is 391 g/mol. The zero-order valence-electron chi connectivity index (χ0n) is 12.7. The second-order valence-electron chi connectivity index (χ2n) is 5.23. The molecule has 0 bridgehead atoms. The van der Waals surface area contributed by atoms with E-state index in [1.807, 2.05) is 43.3 Å². The minimum atomic E-state index is -0.177. The fourth-order valence-electron chi connectivity index (χ4n) is 2.23. The third-order valence-electron chi connectivity index (χ3n) is 3.47. The molecule has 0 radical (unpaired) electrons. The number of halogens is 1. The second-order valence-corrected chi connectivity index (χ2v) is 7.70. The number of carbonyl (C=O) groups is 1. The molecule has 0 atom stereocenters. The van der Waals surface area contributed by atoms with Crippen LogP contribution in [0.1, 0.15) is 27.2 Å². The van der Waals surface area contributed by atoms with Crippen LogP contribution in [0.3, 0.4) is 0 Å². The summed E-state index contributed by atoms with van der Waals surface area (Å²) in [6.45, 7) is 4.26. The number of rotatable bonds is 4. The molecule has 1 aromatic carbocycles. The summed E-state index contributed by atoms with van der Waals surface area (Å²) < 4.78 is 6.21. The third kappa shape index (κ3) is 3.54. The first-order valence-electron chi connectivity index (χ1n) is 7.10. The molecule has 6 heteroatoms. The molecule has 0 saturated heterocycles. The first-order chi connectivity index (χ1) is 11.0. The van der Waals surface area contributed by atoms with Gasteiger partial charge in [0.15, 0.2) is 0 Å². The van der Waals surface area contributed by atoms with Crippen molar-refractivity contribution in [2.75, 3.05) is 0 Å². The second kappa shape index (κ2) is 6.68. The summed E-state index contributed by atoms with van der Waals surface area (Å²) >= 11 is 4.94. The standard InChI is InChI=1S/C17H15BrN2O2S/c1-10-3-5-12(6-4-10)9-19-17(21)15-11(2)22-20-16(15)13-7-8-14(18)23-13/h3-8H,9H2,1-2H3,(H,19,21). The fourth-order valence-corrected chi connectivity index (χ4v) is 3.60. The Bertz CT molecular complexity index is 837. The SMILES string of the molecule is Cc1ccc(CNC(=O)c2c(-c3ccc(Br)s3)noc2C)cc1. The molecule has 1 N–H and O–H groups in total. The summed E-state index contributed by atoms with van der Waals surface area (Å²) in [6.07, 6.45) is 0. The summed E-state index contributed by atoms with van der Waals surface area (Å²) in [6, 6.07) is 11.9. The summed E-state index contributed by atoms with van der Waals surface area (Å²) in [5.41, 5.74) is 3.32. The molecule has 1 amide bonds. The topological polar surface area (TPSA) is 55.1 Å². The highest BCUT2D eigenvalue weighted by Gasteiger charge is 2.22. The van der Waals surface area contributed by atoms with Gasteiger partial charge in [0.2, 0.25) is 0 Å². The first-order valence-corrected chi connectivity index (χ1v) is 8.71. The fraction of sp³-hybridized carbons (Fsp3) is 0.176. The lowest BCUT2D eigenvalue weighted by molar-refractivity contribution is 0.0950. The van der Waals surface area contributed by atoms with Gasteiger partial charge in [-0.05, 0) is 47.5 Å². The van der Waals surface area contributed by atoms with Gasteiger partial charge in [0.05, 0.1) is 8.66 Å². The Hall–Kier alpha value is -1.92. The Kier molecular flexibility index (Phi) is 4.63. The predicted octanol–water partition coefficient (Wildman–Crippen LogP) is 4.71. The Labute approximate surface area is 146 Å². The van der Waals surface area contributed by atoms with Gasteiger partial charge in [-0.25, -0.2) is 0 Å². The number of hydrogen-bond acceptors (Lipinski definition) is 4. The number of amides is 1. The van der Waals surface area contributed by atoms with Crippen molar-refractivity contribution in [3.63, 3.8) is 0 Å². The number of carbonyl (C=O) groups excluding carboxylic acids is 1. The van der Waals surface area contributed by atoms with Crippen LogP contribution in [0.2, 0.25) is 0 Å². The van der Waals surface area contributed by atoms with Gasteiger partial charge < -0.3 is 9.84 Å². The average Bonchev–Trinajstić information content (AvgIpc) is 3.12. The summed E-state index contributed by atoms with van der Waals surface area (Å²) in [7, 11) is 0. The van der Waals surface area contributed by atoms with Gasteiger partial charge in [-0.1, -0.05) is 35.0 Å². The Morgan fingerprint density at radius 2 is 1.96 bits per heavy atom. The maximum absolute atomic E-state index is 12.5. The van der Waals surface area contributed by atoms with Crippen molar-refractivity contribution < 1.29 is 9.32 Å². The molecule has 0 aliphatic carbocycles. The number of aromatic nitrogens is 1. The molecule has 0 saturated carbocycles. The van der Waals surface area contributed by atoms with Crippen molar-refractivity contribution in [1.29, 1.82) is 0 Å². The van der Waals surface area contributed by atoms with Gasteiger partial charge in [0.1, 0.15) is 17.0 Å². The summed E-state index contributed by atoms with van der Waals surface area (Å²) in [4.78, 5) is 13.4. The van der Waals surface area contributed by atoms with E-state index in [1.54, 1.807) is 6.92 Å². The lowest BCUT2D eigenvalue weighted by atomic mass is 10.1. The van der Waals surface area contributed by atoms with Gasteiger partial charge in [0.25, 0.3) is 5.91 Å². The molecule has 0 fully saturated rings. The molecule has 23 heavy (non-hydrogen) atoms. The Morgan fingerprint density at radius 3 is 2.61 bits per heavy atom. The van der Waals surface area contributed by atoms with Crippen LogP contribution in [0.25, 0.3) is 10.6 Å². The normalized spacial score (nSPS) is 10.7. The first kappa shape index (κ1) is 16.0. The molecule has 4 nitrogen and oxygen atoms in total. The number of nitrogens with one attached hydrogen (secondary N) is 1. The van der Waals surface area contributed by atoms with E-state index >= 15 is 0 Å². The van der Waals surface area contributed by atoms with Crippen LogP contribution < -0.4 is 5.32 Å². The Morgan fingerprint density at radius 1 is 1.22 bits per heavy atom. The molecule has 0 unspecified atom stereocenters. The maximum atomic E-state index is 12.5. The van der Waals surface area contributed by atoms with E-state index in [4.69, 9.17) is 4.52 Å². The molecular formula is C17H15BrN2O2S. The number of hydrogen-bond donors (Lipinski definition) is 1. The molecular weight excluding hydrogens is 376 g/mol. The summed E-state index contributed by atoms with van der Waals surface area (Å²) in [5, 5.41) is 6.97. The van der Waals surface area contributed by atoms with E-state index in [0.29, 0.717) is 23.6 Å². The van der Waals surface area contributed by atoms with Crippen molar-refractivity contribution in [2.24, 2.45) is 0 Å². The minimum absolute atomic E-state index is 0.177. The van der Waals surface area contributed by atoms with Crippen molar-refractivity contribution in [3.8, 4) is 10.6 Å². The number of thiophene rings is 1. The monoisotopic (exact) mass is 390 g/mol. The van der Waals surface area contributed by atoms with Gasteiger partial charge in [0, 0.05) is 6.54 Å². The van der Waals surface area contributed by atoms with Crippen molar-refractivity contribution in [2.45, 2.75) is 20.4 Å². The summed E-state index contributed by atoms with van der Waals surface area (Å²) in [5.74, 6) is 0.342. The molecule has 0 aliphatic heterocycles. The van der Waals surface area contributed by atoms with Crippen LogP contribution >= 0.6 is 27.3 Å². The lowest BCUT2D eigenvalue weighted by Gasteiger charge is -2.06. The molecule has 3 aromatic rings. The molecule has 2 heterocycles. The number of nitrogens with zero attached hydrogens (tertiary/aromatic N) is 1. The van der Waals surface area contributed by atoms with E-state index in [2.05, 4.69) is 26.4 Å². The highest BCUT2D eigenvalue weighted by molar-refractivity contribution is 9.11. The molecule has 3 rings (SSSR count). The van der Waals surface area contributed by atoms with Gasteiger partial charge >= 0.3 is 0 Å². The molecule has 118 valence electrons. The smallest absolute Gasteiger partial charge is 0.257 e. The predicted molar refractivity (Wildman–Crippen MR) is 94.6 cm³/mol. The van der Waals surface area contributed by atoms with Gasteiger partial charge in [-0.2, -0.15) is 0 Å². The highest BCUT2D eigenvalue weighted by atomic mass is 79.9. The van der Waals surface area contributed by atoms with E-state index in [9.17, 15) is 4.79 Å². The highest BCUT2D eigenvalue weighted by Crippen LogP contribution is 2.33. The van der Waals surface area contributed by atoms with E-state index in [1.165, 1.54) is 16.9 Å². The van der Waals surface area contributed by atoms with Crippen LogP contribution in [0.15, 0.2) is 44.7 Å². The van der Waals surface area contributed by atoms with Crippen LogP contribution in [0, 0.1) is 13.8 Å². The van der Waals surface area contributed by atoms with Crippen LogP contribution in [0.5, 0.6) is 0 Å². The molecule has 0 spiro atoms. The van der Waals surface area contributed by atoms with Crippen molar-refractivity contribution >= 4 is 33.2 Å². The molecule has 0 aliphatic rings. The molecule has 2 aromatic heterocycles. The third-order valence-corrected chi connectivity index (χ3v) is 5.10. The Balaban J connectivity index is 1.79. The zero-order chi connectivity index (χ0) is 16.4. The van der Waals surface area contributed by atoms with Gasteiger partial charge in [-0.15, -0.1) is 11.3 Å². The zero-order valence-corrected chi connectivity index (χ0v) is 15.1. The quantitative estimate of drug-likeness (QED) is 0.701. The van der Waals surface area contributed by atoms with E-state index in [-0.39, 0.29) is 5.91 Å². The van der Waals surface area contributed by atoms with Crippen LogP contribution in [-0.4, -0.2) is 11.1 Å². The van der Waals surface area contributed by atoms with E-state index in [0.717, 1.165) is 14.2 Å². The number of benzene rings is 1. The van der Waals surface area contributed by atoms with E-state index < -0.39 is 0 Å². The van der Waals surface area contributed by atoms with Crippen molar-refractivity contribution in [3.05, 3.63) is 62.6 Å². The minimum Gasteiger partial charge on any atom is -0.360 e. The van der Waals surface area contributed by atoms with Crippen molar-refractivity contribution in [1.82, 2.24) is 10.5 Å².